The Morgan fingerprint density at radius 2 is 2.04 bits per heavy atom. The maximum Gasteiger partial charge on any atom is 0.208 e. The Morgan fingerprint density at radius 1 is 1.39 bits per heavy atom. The van der Waals surface area contributed by atoms with Crippen molar-refractivity contribution < 1.29 is 13.9 Å². The molecule has 0 fully saturated rings. The van der Waals surface area contributed by atoms with E-state index in [0.717, 1.165) is 5.57 Å². The molecule has 120 valence electrons. The van der Waals surface area contributed by atoms with Crippen molar-refractivity contribution in [2.75, 3.05) is 7.11 Å². The number of ether oxygens (including phenoxy) is 1. The molecule has 0 amide bonds. The molecule has 0 atom stereocenters. The van der Waals surface area contributed by atoms with E-state index in [1.165, 1.54) is 0 Å². The van der Waals surface area contributed by atoms with Crippen LogP contribution in [0.5, 0.6) is 5.75 Å². The molecule has 0 saturated heterocycles. The quantitative estimate of drug-likeness (QED) is 0.455. The zero-order chi connectivity index (χ0) is 17.4. The van der Waals surface area contributed by atoms with Gasteiger partial charge in [-0.1, -0.05) is 37.5 Å². The van der Waals surface area contributed by atoms with Crippen LogP contribution in [-0.4, -0.2) is 17.8 Å². The highest BCUT2D eigenvalue weighted by Gasteiger charge is 2.13. The van der Waals surface area contributed by atoms with Crippen LogP contribution in [0.25, 0.3) is 16.5 Å². The van der Waals surface area contributed by atoms with Crippen LogP contribution >= 0.6 is 11.6 Å². The molecular weight excluding hydrogens is 317 g/mol. The second kappa shape index (κ2) is 8.86. The minimum atomic E-state index is -0.329. The van der Waals surface area contributed by atoms with Gasteiger partial charge in [0.2, 0.25) is 5.75 Å². The van der Waals surface area contributed by atoms with E-state index in [1.54, 1.807) is 44.4 Å². The number of nitrogens with zero attached hydrogens (tertiary/aromatic N) is 1. The largest absolute Gasteiger partial charge is 0.496 e. The maximum atomic E-state index is 14.3. The van der Waals surface area contributed by atoms with Gasteiger partial charge in [0.25, 0.3) is 0 Å². The Morgan fingerprint density at radius 3 is 2.57 bits per heavy atom. The van der Waals surface area contributed by atoms with Crippen molar-refractivity contribution in [3.05, 3.63) is 66.7 Å². The molecule has 0 aliphatic rings. The van der Waals surface area contributed by atoms with Gasteiger partial charge in [0.15, 0.2) is 5.82 Å². The molecule has 2 aromatic rings. The Kier molecular flexibility index (Phi) is 7.16. The van der Waals surface area contributed by atoms with Crippen LogP contribution in [0.1, 0.15) is 11.3 Å². The molecule has 1 aromatic heterocycles. The summed E-state index contributed by atoms with van der Waals surface area (Å²) in [6, 6.07) is 5.30. The number of pyridine rings is 1. The number of rotatable bonds is 4. The number of carbonyl (C=O) groups excluding carboxylic acids is 1. The molecule has 0 aliphatic heterocycles. The fourth-order valence-electron chi connectivity index (χ4n) is 2.03. The number of allylic oxidation sites excluding steroid dienone is 4. The molecule has 0 N–H and O–H groups in total. The third-order valence-electron chi connectivity index (χ3n) is 3.11. The van der Waals surface area contributed by atoms with E-state index >= 15 is 0 Å². The topological polar surface area (TPSA) is 39.2 Å². The summed E-state index contributed by atoms with van der Waals surface area (Å²) in [6.45, 7) is 9.11. The van der Waals surface area contributed by atoms with Gasteiger partial charge >= 0.3 is 0 Å². The lowest BCUT2D eigenvalue weighted by atomic mass is 10.1. The molecule has 1 heterocycles. The minimum absolute atomic E-state index is 0.222. The van der Waals surface area contributed by atoms with Gasteiger partial charge in [-0.25, -0.2) is 9.37 Å². The summed E-state index contributed by atoms with van der Waals surface area (Å²) < 4.78 is 19.6. The van der Waals surface area contributed by atoms with Crippen molar-refractivity contribution in [2.24, 2.45) is 0 Å². The van der Waals surface area contributed by atoms with E-state index in [1.807, 2.05) is 6.07 Å². The monoisotopic (exact) mass is 333 g/mol. The number of methoxy groups -OCH3 is 1. The van der Waals surface area contributed by atoms with Gasteiger partial charge in [0, 0.05) is 11.5 Å². The summed E-state index contributed by atoms with van der Waals surface area (Å²) in [5.41, 5.74) is 2.23. The van der Waals surface area contributed by atoms with Crippen molar-refractivity contribution in [1.82, 2.24) is 4.98 Å². The number of aryl methyl sites for hydroxylation is 1. The Labute approximate surface area is 139 Å². The highest BCUT2D eigenvalue weighted by atomic mass is 35.5. The van der Waals surface area contributed by atoms with Gasteiger partial charge < -0.3 is 4.74 Å². The van der Waals surface area contributed by atoms with Crippen LogP contribution in [0, 0.1) is 12.7 Å². The van der Waals surface area contributed by atoms with Gasteiger partial charge in [-0.15, -0.1) is 0 Å². The summed E-state index contributed by atoms with van der Waals surface area (Å²) in [5, 5.41) is 0.654. The zero-order valence-electron chi connectivity index (χ0n) is 13.0. The van der Waals surface area contributed by atoms with Crippen LogP contribution in [0.4, 0.5) is 4.39 Å². The number of carbonyl (C=O) groups is 1. The molecule has 0 radical (unpaired) electrons. The Hall–Kier alpha value is -2.46. The molecule has 0 bridgehead atoms. The molecule has 0 saturated carbocycles. The Balaban J connectivity index is 0.000000816. The predicted octanol–water partition coefficient (Wildman–Crippen LogP) is 4.86. The molecule has 1 aromatic carbocycles. The first-order valence-corrected chi connectivity index (χ1v) is 7.10. The lowest BCUT2D eigenvalue weighted by Crippen LogP contribution is -1.96. The first-order chi connectivity index (χ1) is 11.0. The first kappa shape index (κ1) is 18.6. The van der Waals surface area contributed by atoms with E-state index < -0.39 is 0 Å². The van der Waals surface area contributed by atoms with Crippen LogP contribution in [0.3, 0.4) is 0 Å². The summed E-state index contributed by atoms with van der Waals surface area (Å²) in [5.74, 6) is 0.477. The fourth-order valence-corrected chi connectivity index (χ4v) is 2.03. The van der Waals surface area contributed by atoms with E-state index in [-0.39, 0.29) is 11.6 Å². The second-order valence-corrected chi connectivity index (χ2v) is 4.63. The van der Waals surface area contributed by atoms with E-state index in [0.29, 0.717) is 27.9 Å². The lowest BCUT2D eigenvalue weighted by Gasteiger charge is -2.10. The fraction of sp³-hybridized carbons (Fsp3) is 0.111. The van der Waals surface area contributed by atoms with Crippen LogP contribution in [0.2, 0.25) is 0 Å². The van der Waals surface area contributed by atoms with E-state index in [9.17, 15) is 4.39 Å². The number of benzene rings is 1. The number of hydrogen-bond acceptors (Lipinski definition) is 3. The first-order valence-electron chi connectivity index (χ1n) is 6.67. The molecule has 5 heteroatoms. The Bertz CT molecular complexity index is 769. The average Bonchev–Trinajstić information content (AvgIpc) is 2.56. The minimum Gasteiger partial charge on any atom is -0.496 e. The zero-order valence-corrected chi connectivity index (χ0v) is 13.7. The number of aromatic nitrogens is 1. The van der Waals surface area contributed by atoms with Gasteiger partial charge in [0.1, 0.15) is 11.3 Å². The van der Waals surface area contributed by atoms with Crippen molar-refractivity contribution in [3.63, 3.8) is 0 Å². The maximum absolute atomic E-state index is 14.3. The van der Waals surface area contributed by atoms with Crippen molar-refractivity contribution in [3.8, 4) is 5.75 Å². The van der Waals surface area contributed by atoms with Crippen molar-refractivity contribution in [1.29, 1.82) is 0 Å². The molecular formula is C18H17ClFNO2. The van der Waals surface area contributed by atoms with Crippen molar-refractivity contribution in [2.45, 2.75) is 6.92 Å². The molecule has 23 heavy (non-hydrogen) atoms. The van der Waals surface area contributed by atoms with E-state index in [2.05, 4.69) is 29.7 Å². The molecule has 0 unspecified atom stereocenters. The SMILES string of the molecule is C=C/C=C(\C=C)c1cc(OC)c2ccc(C)c(F)c2n1.O=CCl. The van der Waals surface area contributed by atoms with Crippen molar-refractivity contribution >= 4 is 33.8 Å². The standard InChI is InChI=1S/C17H16FNO.CHClO/c1-5-7-12(6-2)14-10-15(20-4)13-9-8-11(3)16(18)17(13)19-14;2-1-3/h5-10H,1-2H2,3-4H3;1H/b12-7+;. The highest BCUT2D eigenvalue weighted by Crippen LogP contribution is 2.30. The van der Waals surface area contributed by atoms with Crippen LogP contribution in [0.15, 0.2) is 49.6 Å². The van der Waals surface area contributed by atoms with E-state index in [4.69, 9.17) is 9.53 Å². The molecule has 0 aliphatic carbocycles. The third kappa shape index (κ3) is 4.27. The second-order valence-electron chi connectivity index (χ2n) is 4.45. The smallest absolute Gasteiger partial charge is 0.208 e. The van der Waals surface area contributed by atoms with Crippen LogP contribution < -0.4 is 4.74 Å². The number of hydrogen-bond donors (Lipinski definition) is 0. The lowest BCUT2D eigenvalue weighted by molar-refractivity contribution is 0.419. The van der Waals surface area contributed by atoms with Gasteiger partial charge in [0.05, 0.1) is 12.8 Å². The summed E-state index contributed by atoms with van der Waals surface area (Å²) in [7, 11) is 1.56. The summed E-state index contributed by atoms with van der Waals surface area (Å²) in [4.78, 5) is 13.0. The van der Waals surface area contributed by atoms with Gasteiger partial charge in [-0.2, -0.15) is 0 Å². The summed E-state index contributed by atoms with van der Waals surface area (Å²) in [6.07, 6.45) is 5.07. The predicted molar refractivity (Wildman–Crippen MR) is 94.0 cm³/mol. The van der Waals surface area contributed by atoms with Gasteiger partial charge in [-0.05, 0) is 35.7 Å². The average molecular weight is 334 g/mol. The van der Waals surface area contributed by atoms with Gasteiger partial charge in [-0.3, -0.25) is 4.79 Å². The normalized spacial score (nSPS) is 10.5. The molecule has 0 spiro atoms. The summed E-state index contributed by atoms with van der Waals surface area (Å²) >= 11 is 4.32. The number of fused-ring (bicyclic) bond motifs is 1. The molecule has 3 nitrogen and oxygen atoms in total. The van der Waals surface area contributed by atoms with Crippen LogP contribution in [-0.2, 0) is 4.79 Å². The highest BCUT2D eigenvalue weighted by molar-refractivity contribution is 6.54. The number of halogens is 2. The molecule has 2 rings (SSSR count). The third-order valence-corrected chi connectivity index (χ3v) is 3.11.